The Hall–Kier alpha value is -3.53. The lowest BCUT2D eigenvalue weighted by Gasteiger charge is -2.09. The summed E-state index contributed by atoms with van der Waals surface area (Å²) < 4.78 is 29.5. The summed E-state index contributed by atoms with van der Waals surface area (Å²) in [5.41, 5.74) is 3.18. The number of halogens is 4. The Labute approximate surface area is 234 Å². The second-order valence-electron chi connectivity index (χ2n) is 7.92. The smallest absolute Gasteiger partial charge is 0.340 e. The van der Waals surface area contributed by atoms with Crippen molar-refractivity contribution in [2.45, 2.75) is 0 Å². The van der Waals surface area contributed by atoms with E-state index in [9.17, 15) is 14.0 Å². The zero-order valence-electron chi connectivity index (χ0n) is 20.2. The van der Waals surface area contributed by atoms with Crippen LogP contribution >= 0.6 is 39.1 Å². The van der Waals surface area contributed by atoms with Crippen LogP contribution < -0.4 is 4.74 Å². The Bertz CT molecular complexity index is 1680. The Morgan fingerprint density at radius 2 is 1.34 bits per heavy atom. The molecule has 0 saturated carbocycles. The number of carbonyl (C=O) groups is 2. The third-order valence-electron chi connectivity index (χ3n) is 5.77. The Balaban J connectivity index is 0.000000194. The van der Waals surface area contributed by atoms with E-state index in [0.717, 1.165) is 15.4 Å². The van der Waals surface area contributed by atoms with Gasteiger partial charge in [-0.15, -0.1) is 0 Å². The van der Waals surface area contributed by atoms with Crippen LogP contribution in [-0.2, 0) is 9.47 Å². The molecular formula is C27H20BrCl2FN2O5. The van der Waals surface area contributed by atoms with Crippen LogP contribution in [0.5, 0.6) is 5.75 Å². The van der Waals surface area contributed by atoms with E-state index in [0.29, 0.717) is 49.0 Å². The normalized spacial score (nSPS) is 10.7. The highest BCUT2D eigenvalue weighted by Gasteiger charge is 2.17. The lowest BCUT2D eigenvalue weighted by molar-refractivity contribution is 0.0594. The molecule has 0 aliphatic heterocycles. The van der Waals surface area contributed by atoms with Gasteiger partial charge < -0.3 is 24.2 Å². The third-order valence-corrected chi connectivity index (χ3v) is 7.28. The van der Waals surface area contributed by atoms with Crippen LogP contribution in [0.3, 0.4) is 0 Å². The summed E-state index contributed by atoms with van der Waals surface area (Å²) in [6.45, 7) is 0. The number of methoxy groups -OCH3 is 3. The minimum atomic E-state index is -0.472. The monoisotopic (exact) mass is 620 g/mol. The van der Waals surface area contributed by atoms with Crippen LogP contribution in [0, 0.1) is 5.82 Å². The number of hydrogen-bond donors (Lipinski definition) is 2. The molecular weight excluding hydrogens is 602 g/mol. The van der Waals surface area contributed by atoms with Crippen LogP contribution in [0.4, 0.5) is 4.39 Å². The van der Waals surface area contributed by atoms with Crippen molar-refractivity contribution in [2.24, 2.45) is 0 Å². The van der Waals surface area contributed by atoms with Gasteiger partial charge in [0.25, 0.3) is 0 Å². The topological polar surface area (TPSA) is 93.4 Å². The number of hydrogen-bond acceptors (Lipinski definition) is 5. The molecule has 0 spiro atoms. The van der Waals surface area contributed by atoms with Crippen molar-refractivity contribution in [3.8, 4) is 16.9 Å². The van der Waals surface area contributed by atoms with Crippen molar-refractivity contribution < 1.29 is 28.2 Å². The highest BCUT2D eigenvalue weighted by atomic mass is 79.9. The molecule has 0 saturated heterocycles. The minimum absolute atomic E-state index is 0.328. The number of nitrogens with one attached hydrogen (secondary N) is 2. The van der Waals surface area contributed by atoms with E-state index in [1.54, 1.807) is 48.8 Å². The fourth-order valence-electron chi connectivity index (χ4n) is 3.87. The molecule has 3 aromatic carbocycles. The Kier molecular flexibility index (Phi) is 8.30. The highest BCUT2D eigenvalue weighted by Crippen LogP contribution is 2.36. The maximum Gasteiger partial charge on any atom is 0.340 e. The summed E-state index contributed by atoms with van der Waals surface area (Å²) >= 11 is 15.5. The van der Waals surface area contributed by atoms with Gasteiger partial charge in [0.15, 0.2) is 0 Å². The predicted octanol–water partition coefficient (Wildman–Crippen LogP) is 7.79. The van der Waals surface area contributed by atoms with E-state index in [4.69, 9.17) is 32.7 Å². The van der Waals surface area contributed by atoms with Crippen molar-refractivity contribution in [1.29, 1.82) is 0 Å². The summed E-state index contributed by atoms with van der Waals surface area (Å²) in [4.78, 5) is 29.1. The minimum Gasteiger partial charge on any atom is -0.497 e. The second kappa shape index (κ2) is 11.5. The first-order chi connectivity index (χ1) is 18.2. The number of esters is 2. The molecule has 0 aliphatic carbocycles. The Morgan fingerprint density at radius 1 is 0.789 bits per heavy atom. The van der Waals surface area contributed by atoms with Crippen molar-refractivity contribution in [1.82, 2.24) is 9.97 Å². The lowest BCUT2D eigenvalue weighted by Crippen LogP contribution is -1.99. The van der Waals surface area contributed by atoms with E-state index in [1.165, 1.54) is 27.4 Å². The summed E-state index contributed by atoms with van der Waals surface area (Å²) in [5, 5.41) is 2.38. The first-order valence-corrected chi connectivity index (χ1v) is 12.5. The molecule has 38 heavy (non-hydrogen) atoms. The van der Waals surface area contributed by atoms with Gasteiger partial charge in [-0.05, 0) is 52.3 Å². The van der Waals surface area contributed by atoms with E-state index in [1.807, 2.05) is 0 Å². The average Bonchev–Trinajstić information content (AvgIpc) is 3.51. The molecule has 2 N–H and O–H groups in total. The van der Waals surface area contributed by atoms with E-state index < -0.39 is 11.8 Å². The number of ether oxygens (including phenoxy) is 3. The largest absolute Gasteiger partial charge is 0.497 e. The molecule has 5 aromatic rings. The number of rotatable bonds is 4. The van der Waals surface area contributed by atoms with Crippen LogP contribution in [-0.4, -0.2) is 43.2 Å². The van der Waals surface area contributed by atoms with Gasteiger partial charge in [0.05, 0.1) is 42.5 Å². The number of carbonyl (C=O) groups excluding carboxylic acids is 2. The molecule has 0 fully saturated rings. The highest BCUT2D eigenvalue weighted by molar-refractivity contribution is 9.10. The van der Waals surface area contributed by atoms with Crippen LogP contribution in [0.1, 0.15) is 20.7 Å². The van der Waals surface area contributed by atoms with Crippen molar-refractivity contribution >= 4 is 72.9 Å². The first-order valence-electron chi connectivity index (χ1n) is 11.0. The van der Waals surface area contributed by atoms with Crippen LogP contribution in [0.2, 0.25) is 10.0 Å². The van der Waals surface area contributed by atoms with E-state index >= 15 is 0 Å². The van der Waals surface area contributed by atoms with Gasteiger partial charge in [-0.25, -0.2) is 14.0 Å². The van der Waals surface area contributed by atoms with Gasteiger partial charge in [0.1, 0.15) is 11.6 Å². The van der Waals surface area contributed by atoms with E-state index in [2.05, 4.69) is 30.6 Å². The van der Waals surface area contributed by atoms with Crippen LogP contribution in [0.25, 0.3) is 32.9 Å². The van der Waals surface area contributed by atoms with Gasteiger partial charge in [-0.3, -0.25) is 0 Å². The average molecular weight is 622 g/mol. The maximum atomic E-state index is 14.3. The maximum absolute atomic E-state index is 14.3. The number of aromatic nitrogens is 2. The van der Waals surface area contributed by atoms with Crippen molar-refractivity contribution in [2.75, 3.05) is 21.3 Å². The molecule has 2 aromatic heterocycles. The third kappa shape index (κ3) is 5.36. The van der Waals surface area contributed by atoms with Gasteiger partial charge in [-0.1, -0.05) is 23.2 Å². The molecule has 2 heterocycles. The summed E-state index contributed by atoms with van der Waals surface area (Å²) in [6, 6.07) is 11.4. The quantitative estimate of drug-likeness (QED) is 0.200. The number of benzene rings is 3. The molecule has 0 aliphatic rings. The van der Waals surface area contributed by atoms with Crippen LogP contribution in [0.15, 0.2) is 59.3 Å². The molecule has 11 heteroatoms. The SMILES string of the molecule is COC(=O)c1c[nH]c2cc(Cl)c(-c3ccc(OC)cc3F)cc12.COC(=O)c1c[nH]c2cc(Cl)c(Br)cc12. The van der Waals surface area contributed by atoms with Gasteiger partial charge in [0, 0.05) is 55.9 Å². The lowest BCUT2D eigenvalue weighted by atomic mass is 10.0. The number of fused-ring (bicyclic) bond motifs is 2. The van der Waals surface area contributed by atoms with Gasteiger partial charge in [-0.2, -0.15) is 0 Å². The molecule has 0 atom stereocenters. The first kappa shape index (κ1) is 27.5. The number of aromatic amines is 2. The fourth-order valence-corrected chi connectivity index (χ4v) is 4.64. The fraction of sp³-hybridized carbons (Fsp3) is 0.111. The molecule has 0 unspecified atom stereocenters. The molecule has 0 amide bonds. The predicted molar refractivity (Wildman–Crippen MR) is 149 cm³/mol. The molecule has 196 valence electrons. The van der Waals surface area contributed by atoms with Crippen molar-refractivity contribution in [3.63, 3.8) is 0 Å². The summed E-state index contributed by atoms with van der Waals surface area (Å²) in [6.07, 6.45) is 3.15. The van der Waals surface area contributed by atoms with E-state index in [-0.39, 0.29) is 5.97 Å². The van der Waals surface area contributed by atoms with Gasteiger partial charge in [0.2, 0.25) is 0 Å². The number of H-pyrrole nitrogens is 2. The zero-order chi connectivity index (χ0) is 27.6. The Morgan fingerprint density at radius 3 is 1.87 bits per heavy atom. The van der Waals surface area contributed by atoms with Crippen molar-refractivity contribution in [3.05, 3.63) is 86.3 Å². The summed E-state index contributed by atoms with van der Waals surface area (Å²) in [7, 11) is 4.13. The standard InChI is InChI=1S/C17H13ClFNO3.C10H7BrClNO2/c1-22-9-3-4-10(15(19)5-9)11-6-12-13(17(21)23-2)8-20-16(12)7-14(11)18;1-15-10(14)6-4-13-9-3-8(12)7(11)2-5(6)9/h3-8,20H,1-2H3;2-4,13H,1H3. The van der Waals surface area contributed by atoms with Gasteiger partial charge >= 0.3 is 11.9 Å². The molecule has 0 radical (unpaired) electrons. The molecule has 5 rings (SSSR count). The molecule has 7 nitrogen and oxygen atoms in total. The zero-order valence-corrected chi connectivity index (χ0v) is 23.3. The summed E-state index contributed by atoms with van der Waals surface area (Å²) in [5.74, 6) is -0.878. The molecule has 0 bridgehead atoms. The second-order valence-corrected chi connectivity index (χ2v) is 9.59.